The molecule has 4 rings (SSSR count). The molecule has 0 saturated heterocycles. The van der Waals surface area contributed by atoms with Crippen LogP contribution in [0.3, 0.4) is 0 Å². The van der Waals surface area contributed by atoms with Crippen LogP contribution in [0.15, 0.2) is 72.5 Å². The van der Waals surface area contributed by atoms with Gasteiger partial charge < -0.3 is 9.47 Å². The first-order valence-corrected chi connectivity index (χ1v) is 9.55. The van der Waals surface area contributed by atoms with Crippen LogP contribution in [-0.4, -0.2) is 5.78 Å². The van der Waals surface area contributed by atoms with Crippen LogP contribution in [0.2, 0.25) is 0 Å². The van der Waals surface area contributed by atoms with Crippen LogP contribution in [0, 0.1) is 5.82 Å². The zero-order valence-corrected chi connectivity index (χ0v) is 16.3. The second-order valence-corrected chi connectivity index (χ2v) is 7.33. The van der Waals surface area contributed by atoms with Gasteiger partial charge in [0.2, 0.25) is 5.78 Å². The summed E-state index contributed by atoms with van der Waals surface area (Å²) in [4.78, 5) is 12.6. The van der Waals surface area contributed by atoms with Crippen molar-refractivity contribution in [2.24, 2.45) is 0 Å². The minimum atomic E-state index is -0.281. The van der Waals surface area contributed by atoms with E-state index >= 15 is 0 Å². The Bertz CT molecular complexity index is 1060. The number of benzene rings is 3. The Morgan fingerprint density at radius 1 is 1.00 bits per heavy atom. The van der Waals surface area contributed by atoms with E-state index in [9.17, 15) is 9.18 Å². The predicted molar refractivity (Wildman–Crippen MR) is 111 cm³/mol. The minimum absolute atomic E-state index is 0.141. The van der Waals surface area contributed by atoms with Crippen molar-refractivity contribution >= 4 is 11.9 Å². The molecule has 0 radical (unpaired) electrons. The number of ketones is 1. The SMILES string of the molecule is CC(C)c1ccc(C=C2Oc3cc(OCc4ccc(F)cc4)ccc3C2=O)cc1. The van der Waals surface area contributed by atoms with Crippen LogP contribution in [-0.2, 0) is 6.61 Å². The van der Waals surface area contributed by atoms with E-state index in [2.05, 4.69) is 26.0 Å². The van der Waals surface area contributed by atoms with Crippen LogP contribution in [0.4, 0.5) is 4.39 Å². The summed E-state index contributed by atoms with van der Waals surface area (Å²) in [5.41, 5.74) is 3.54. The normalized spacial score (nSPS) is 14.2. The maximum atomic E-state index is 13.0. The zero-order chi connectivity index (χ0) is 20.4. The maximum Gasteiger partial charge on any atom is 0.231 e. The molecule has 0 fully saturated rings. The molecule has 0 atom stereocenters. The molecule has 1 heterocycles. The van der Waals surface area contributed by atoms with Gasteiger partial charge in [0.1, 0.15) is 23.9 Å². The average Bonchev–Trinajstić information content (AvgIpc) is 3.03. The van der Waals surface area contributed by atoms with Gasteiger partial charge >= 0.3 is 0 Å². The fourth-order valence-corrected chi connectivity index (χ4v) is 3.13. The van der Waals surface area contributed by atoms with E-state index in [1.54, 1.807) is 36.4 Å². The summed E-state index contributed by atoms with van der Waals surface area (Å²) in [6, 6.07) is 19.4. The number of rotatable bonds is 5. The van der Waals surface area contributed by atoms with Crippen molar-refractivity contribution in [3.63, 3.8) is 0 Å². The number of fused-ring (bicyclic) bond motifs is 1. The van der Waals surface area contributed by atoms with Crippen molar-refractivity contribution in [3.05, 3.63) is 101 Å². The lowest BCUT2D eigenvalue weighted by Gasteiger charge is -2.07. The Morgan fingerprint density at radius 3 is 2.41 bits per heavy atom. The lowest BCUT2D eigenvalue weighted by Crippen LogP contribution is -1.98. The molecule has 29 heavy (non-hydrogen) atoms. The molecular weight excluding hydrogens is 367 g/mol. The molecule has 0 bridgehead atoms. The van der Waals surface area contributed by atoms with E-state index in [0.29, 0.717) is 35.3 Å². The van der Waals surface area contributed by atoms with Crippen molar-refractivity contribution in [2.75, 3.05) is 0 Å². The van der Waals surface area contributed by atoms with Crippen molar-refractivity contribution in [1.82, 2.24) is 0 Å². The van der Waals surface area contributed by atoms with E-state index in [1.165, 1.54) is 17.7 Å². The second-order valence-electron chi connectivity index (χ2n) is 7.33. The third-order valence-corrected chi connectivity index (χ3v) is 4.86. The van der Waals surface area contributed by atoms with Gasteiger partial charge in [-0.2, -0.15) is 0 Å². The molecule has 0 saturated carbocycles. The predicted octanol–water partition coefficient (Wildman–Crippen LogP) is 6.14. The monoisotopic (exact) mass is 388 g/mol. The minimum Gasteiger partial charge on any atom is -0.489 e. The van der Waals surface area contributed by atoms with Gasteiger partial charge in [-0.3, -0.25) is 4.79 Å². The fraction of sp³-hybridized carbons (Fsp3) is 0.160. The summed E-state index contributed by atoms with van der Waals surface area (Å²) in [5.74, 6) is 1.40. The molecule has 146 valence electrons. The highest BCUT2D eigenvalue weighted by Gasteiger charge is 2.27. The van der Waals surface area contributed by atoms with E-state index in [4.69, 9.17) is 9.47 Å². The summed E-state index contributed by atoms with van der Waals surface area (Å²) in [7, 11) is 0. The number of halogens is 1. The van der Waals surface area contributed by atoms with Gasteiger partial charge in [0, 0.05) is 6.07 Å². The van der Waals surface area contributed by atoms with Gasteiger partial charge in [-0.05, 0) is 52.9 Å². The lowest BCUT2D eigenvalue weighted by atomic mass is 10.0. The van der Waals surface area contributed by atoms with Crippen LogP contribution >= 0.6 is 0 Å². The molecule has 4 heteroatoms. The molecule has 3 aromatic carbocycles. The van der Waals surface area contributed by atoms with Gasteiger partial charge in [-0.1, -0.05) is 50.2 Å². The number of allylic oxidation sites excluding steroid dienone is 1. The fourth-order valence-electron chi connectivity index (χ4n) is 3.13. The van der Waals surface area contributed by atoms with Crippen LogP contribution in [0.1, 0.15) is 46.8 Å². The third-order valence-electron chi connectivity index (χ3n) is 4.86. The van der Waals surface area contributed by atoms with E-state index in [1.807, 2.05) is 12.1 Å². The highest BCUT2D eigenvalue weighted by Crippen LogP contribution is 2.35. The topological polar surface area (TPSA) is 35.5 Å². The molecule has 0 aliphatic carbocycles. The van der Waals surface area contributed by atoms with Crippen molar-refractivity contribution < 1.29 is 18.7 Å². The van der Waals surface area contributed by atoms with Crippen molar-refractivity contribution in [2.45, 2.75) is 26.4 Å². The summed E-state index contributed by atoms with van der Waals surface area (Å²) < 4.78 is 24.5. The Hall–Kier alpha value is -3.40. The molecule has 0 aromatic heterocycles. The van der Waals surface area contributed by atoms with Gasteiger partial charge in [0.15, 0.2) is 5.76 Å². The molecule has 0 amide bonds. The first-order chi connectivity index (χ1) is 14.0. The maximum absolute atomic E-state index is 13.0. The van der Waals surface area contributed by atoms with Crippen molar-refractivity contribution in [1.29, 1.82) is 0 Å². The summed E-state index contributed by atoms with van der Waals surface area (Å²) >= 11 is 0. The van der Waals surface area contributed by atoms with Crippen LogP contribution in [0.5, 0.6) is 11.5 Å². The van der Waals surface area contributed by atoms with E-state index < -0.39 is 0 Å². The standard InChI is InChI=1S/C25H21FO3/c1-16(2)19-7-3-17(4-8-19)13-24-25(27)22-12-11-21(14-23(22)29-24)28-15-18-5-9-20(26)10-6-18/h3-14,16H,15H2,1-2H3. The molecule has 0 spiro atoms. The zero-order valence-electron chi connectivity index (χ0n) is 16.3. The number of ether oxygens (including phenoxy) is 2. The second kappa shape index (κ2) is 7.92. The lowest BCUT2D eigenvalue weighted by molar-refractivity contribution is 0.101. The highest BCUT2D eigenvalue weighted by atomic mass is 19.1. The Labute approximate surface area is 169 Å². The summed E-state index contributed by atoms with van der Waals surface area (Å²) in [6.07, 6.45) is 1.76. The van der Waals surface area contributed by atoms with Gasteiger partial charge in [0.05, 0.1) is 5.56 Å². The number of hydrogen-bond acceptors (Lipinski definition) is 3. The molecule has 3 aromatic rings. The smallest absolute Gasteiger partial charge is 0.231 e. The first-order valence-electron chi connectivity index (χ1n) is 9.55. The number of hydrogen-bond donors (Lipinski definition) is 0. The summed E-state index contributed by atoms with van der Waals surface area (Å²) in [6.45, 7) is 4.59. The largest absolute Gasteiger partial charge is 0.489 e. The van der Waals surface area contributed by atoms with Crippen LogP contribution < -0.4 is 9.47 Å². The number of carbonyl (C=O) groups is 1. The molecule has 1 aliphatic heterocycles. The summed E-state index contributed by atoms with van der Waals surface area (Å²) in [5, 5.41) is 0. The number of Topliss-reactive ketones (excluding diaryl/α,β-unsaturated/α-hetero) is 1. The molecule has 1 aliphatic rings. The molecular formula is C25H21FO3. The van der Waals surface area contributed by atoms with Crippen LogP contribution in [0.25, 0.3) is 6.08 Å². The molecule has 0 N–H and O–H groups in total. The van der Waals surface area contributed by atoms with Gasteiger partial charge in [-0.25, -0.2) is 4.39 Å². The average molecular weight is 388 g/mol. The van der Waals surface area contributed by atoms with E-state index in [0.717, 1.165) is 11.1 Å². The Kier molecular flexibility index (Phi) is 5.17. The Morgan fingerprint density at radius 2 is 1.72 bits per heavy atom. The van der Waals surface area contributed by atoms with Gasteiger partial charge in [-0.15, -0.1) is 0 Å². The van der Waals surface area contributed by atoms with Crippen molar-refractivity contribution in [3.8, 4) is 11.5 Å². The van der Waals surface area contributed by atoms with Gasteiger partial charge in [0.25, 0.3) is 0 Å². The number of carbonyl (C=O) groups excluding carboxylic acids is 1. The third kappa shape index (κ3) is 4.21. The molecule has 3 nitrogen and oxygen atoms in total. The quantitative estimate of drug-likeness (QED) is 0.492. The Balaban J connectivity index is 1.48. The molecule has 0 unspecified atom stereocenters. The highest BCUT2D eigenvalue weighted by molar-refractivity contribution is 6.14. The van der Waals surface area contributed by atoms with E-state index in [-0.39, 0.29) is 11.6 Å². The first kappa shape index (κ1) is 18.9.